The number of nitrogens with zero attached hydrogens (tertiary/aromatic N) is 1. The molecule has 5 rings (SSSR count). The van der Waals surface area contributed by atoms with Gasteiger partial charge in [0.25, 0.3) is 5.91 Å². The van der Waals surface area contributed by atoms with Crippen molar-refractivity contribution in [1.29, 1.82) is 0 Å². The van der Waals surface area contributed by atoms with Gasteiger partial charge in [0.15, 0.2) is 10.9 Å². The molecule has 0 saturated heterocycles. The molecule has 0 saturated carbocycles. The first kappa shape index (κ1) is 31.5. The number of alkyl halides is 3. The predicted octanol–water partition coefficient (Wildman–Crippen LogP) is 7.13. The van der Waals surface area contributed by atoms with Crippen LogP contribution in [-0.2, 0) is 4.79 Å². The molecule has 0 spiro atoms. The lowest BCUT2D eigenvalue weighted by Gasteiger charge is -2.27. The number of fused-ring (bicyclic) bond motifs is 1. The Hall–Kier alpha value is -4.91. The Morgan fingerprint density at radius 2 is 1.80 bits per heavy atom. The van der Waals surface area contributed by atoms with Gasteiger partial charge in [0, 0.05) is 12.1 Å². The monoisotopic (exact) mass is 638 g/mol. The van der Waals surface area contributed by atoms with E-state index < -0.39 is 36.1 Å². The minimum absolute atomic E-state index is 0.0148. The summed E-state index contributed by atoms with van der Waals surface area (Å²) in [5, 5.41) is 17.1. The van der Waals surface area contributed by atoms with Crippen LogP contribution in [0.25, 0.3) is 10.2 Å². The number of aliphatic carboxylic acids is 1. The molecule has 234 valence electrons. The van der Waals surface area contributed by atoms with Crippen LogP contribution in [0, 0.1) is 0 Å². The summed E-state index contributed by atoms with van der Waals surface area (Å²) in [6, 6.07) is 17.3. The first-order valence-electron chi connectivity index (χ1n) is 14.1. The molecule has 13 heteroatoms. The summed E-state index contributed by atoms with van der Waals surface area (Å²) in [6.45, 7) is -0.0148. The molecule has 1 aromatic heterocycles. The smallest absolute Gasteiger partial charge is 0.481 e. The van der Waals surface area contributed by atoms with Gasteiger partial charge in [0.05, 0.1) is 17.2 Å². The Bertz CT molecular complexity index is 1720. The summed E-state index contributed by atoms with van der Waals surface area (Å²) in [7, 11) is 0. The van der Waals surface area contributed by atoms with Crippen molar-refractivity contribution >= 4 is 44.6 Å². The topological polar surface area (TPSA) is 130 Å². The van der Waals surface area contributed by atoms with Gasteiger partial charge in [-0.05, 0) is 66.1 Å². The third-order valence-corrected chi connectivity index (χ3v) is 8.19. The number of carboxylic acids is 1. The first-order valence-corrected chi connectivity index (χ1v) is 15.0. The second-order valence-corrected chi connectivity index (χ2v) is 11.4. The van der Waals surface area contributed by atoms with Gasteiger partial charge in [-0.25, -0.2) is 9.78 Å². The van der Waals surface area contributed by atoms with Crippen LogP contribution in [0.3, 0.4) is 0 Å². The molecule has 9 nitrogen and oxygen atoms in total. The number of para-hydroxylation sites is 1. The van der Waals surface area contributed by atoms with Crippen molar-refractivity contribution in [2.45, 2.75) is 44.0 Å². The van der Waals surface area contributed by atoms with Gasteiger partial charge < -0.3 is 20.5 Å². The largest absolute Gasteiger partial charge is 0.573 e. The Morgan fingerprint density at radius 1 is 1.02 bits per heavy atom. The van der Waals surface area contributed by atoms with E-state index in [9.17, 15) is 27.6 Å². The van der Waals surface area contributed by atoms with E-state index in [-0.39, 0.29) is 29.5 Å². The maximum atomic E-state index is 13.4. The van der Waals surface area contributed by atoms with E-state index in [0.29, 0.717) is 15.8 Å². The van der Waals surface area contributed by atoms with Gasteiger partial charge in [0.1, 0.15) is 5.52 Å². The highest BCUT2D eigenvalue weighted by Crippen LogP contribution is 2.37. The van der Waals surface area contributed by atoms with E-state index in [4.69, 9.17) is 5.11 Å². The van der Waals surface area contributed by atoms with Crippen molar-refractivity contribution < 1.29 is 37.4 Å². The van der Waals surface area contributed by atoms with Gasteiger partial charge in [-0.3, -0.25) is 14.9 Å². The minimum Gasteiger partial charge on any atom is -0.481 e. The van der Waals surface area contributed by atoms with E-state index in [1.165, 1.54) is 6.07 Å². The second-order valence-electron chi connectivity index (χ2n) is 10.3. The van der Waals surface area contributed by atoms with E-state index >= 15 is 0 Å². The van der Waals surface area contributed by atoms with Crippen LogP contribution < -0.4 is 20.7 Å². The molecule has 1 aliphatic rings. The highest BCUT2D eigenvalue weighted by atomic mass is 32.1. The molecular weight excluding hydrogens is 609 g/mol. The number of nitrogens with one attached hydrogen (secondary N) is 3. The number of rotatable bonds is 10. The average Bonchev–Trinajstić information content (AvgIpc) is 3.43. The summed E-state index contributed by atoms with van der Waals surface area (Å²) < 4.78 is 43.2. The Balaban J connectivity index is 1.42. The fourth-order valence-corrected chi connectivity index (χ4v) is 6.10. The van der Waals surface area contributed by atoms with Crippen LogP contribution in [0.1, 0.15) is 64.7 Å². The van der Waals surface area contributed by atoms with Crippen molar-refractivity contribution in [3.8, 4) is 5.75 Å². The van der Waals surface area contributed by atoms with Gasteiger partial charge in [0.2, 0.25) is 0 Å². The third-order valence-electron chi connectivity index (χ3n) is 7.25. The third kappa shape index (κ3) is 8.18. The Morgan fingerprint density at radius 3 is 2.51 bits per heavy atom. The SMILES string of the molecule is O=C(O)CCNC(=O)c1ccc(C(NC(=O)Nc2nc3c(OC(F)(F)F)cccc3s2)c2ccccc2C2CC=CCC2)cc1. The van der Waals surface area contributed by atoms with Crippen molar-refractivity contribution in [1.82, 2.24) is 15.6 Å². The molecule has 0 bridgehead atoms. The quantitative estimate of drug-likeness (QED) is 0.137. The molecule has 3 amide bonds. The summed E-state index contributed by atoms with van der Waals surface area (Å²) in [4.78, 5) is 40.9. The van der Waals surface area contributed by atoms with Gasteiger partial charge in [-0.1, -0.05) is 66.0 Å². The zero-order chi connectivity index (χ0) is 32.0. The first-order chi connectivity index (χ1) is 21.6. The number of carboxylic acid groups (broad SMARTS) is 1. The summed E-state index contributed by atoms with van der Waals surface area (Å²) in [5.41, 5.74) is 2.90. The second kappa shape index (κ2) is 13.8. The molecule has 2 unspecified atom stereocenters. The number of benzene rings is 3. The number of thiazole rings is 1. The molecule has 4 N–H and O–H groups in total. The highest BCUT2D eigenvalue weighted by Gasteiger charge is 2.32. The molecule has 0 radical (unpaired) electrons. The lowest BCUT2D eigenvalue weighted by Crippen LogP contribution is -2.34. The fraction of sp³-hybridized carbons (Fsp3) is 0.250. The van der Waals surface area contributed by atoms with Crippen LogP contribution in [0.4, 0.5) is 23.1 Å². The van der Waals surface area contributed by atoms with Gasteiger partial charge >= 0.3 is 18.4 Å². The van der Waals surface area contributed by atoms with Crippen LogP contribution in [0.5, 0.6) is 5.75 Å². The standard InChI is InChI=1S/C32H29F3N4O5S/c33-32(34,35)44-24-11-6-12-25-28(24)38-31(45-25)39-30(43)37-27(23-10-5-4-9-22(23)19-7-2-1-3-8-19)20-13-15-21(16-14-20)29(42)36-18-17-26(40)41/h1-2,4-6,9-16,19,27H,3,7-8,17-18H2,(H,36,42)(H,40,41)(H2,37,38,39,43). The number of hydrogen-bond donors (Lipinski definition) is 4. The average molecular weight is 639 g/mol. The van der Waals surface area contributed by atoms with E-state index in [1.807, 2.05) is 24.3 Å². The van der Waals surface area contributed by atoms with Crippen molar-refractivity contribution in [2.75, 3.05) is 11.9 Å². The Labute approximate surface area is 260 Å². The predicted molar refractivity (Wildman–Crippen MR) is 164 cm³/mol. The van der Waals surface area contributed by atoms with Crippen molar-refractivity contribution in [2.24, 2.45) is 0 Å². The number of carbonyl (C=O) groups excluding carboxylic acids is 2. The lowest BCUT2D eigenvalue weighted by molar-refractivity contribution is -0.274. The number of anilines is 1. The van der Waals surface area contributed by atoms with E-state index in [2.05, 4.69) is 37.8 Å². The molecule has 45 heavy (non-hydrogen) atoms. The minimum atomic E-state index is -4.90. The van der Waals surface area contributed by atoms with Crippen molar-refractivity contribution in [3.05, 3.63) is 101 Å². The summed E-state index contributed by atoms with van der Waals surface area (Å²) >= 11 is 1.00. The van der Waals surface area contributed by atoms with Crippen LogP contribution in [0.15, 0.2) is 78.9 Å². The van der Waals surface area contributed by atoms with E-state index in [1.54, 1.807) is 30.3 Å². The zero-order valence-corrected chi connectivity index (χ0v) is 24.6. The molecular formula is C32H29F3N4O5S. The number of hydrogen-bond acceptors (Lipinski definition) is 6. The fourth-order valence-electron chi connectivity index (χ4n) is 5.22. The van der Waals surface area contributed by atoms with E-state index in [0.717, 1.165) is 47.8 Å². The molecule has 0 fully saturated rings. The number of amides is 3. The van der Waals surface area contributed by atoms with Crippen molar-refractivity contribution in [3.63, 3.8) is 0 Å². The maximum absolute atomic E-state index is 13.4. The number of halogens is 3. The number of ether oxygens (including phenoxy) is 1. The van der Waals surface area contributed by atoms with Crippen LogP contribution in [-0.4, -0.2) is 40.9 Å². The number of aromatic nitrogens is 1. The molecule has 0 aliphatic heterocycles. The van der Waals surface area contributed by atoms with Gasteiger partial charge in [-0.2, -0.15) is 0 Å². The number of carbonyl (C=O) groups is 3. The molecule has 1 aliphatic carbocycles. The van der Waals surface area contributed by atoms with Crippen LogP contribution >= 0.6 is 11.3 Å². The number of allylic oxidation sites excluding steroid dienone is 2. The molecule has 1 heterocycles. The summed E-state index contributed by atoms with van der Waals surface area (Å²) in [6.07, 6.45) is 1.90. The number of urea groups is 1. The Kier molecular flexibility index (Phi) is 9.67. The summed E-state index contributed by atoms with van der Waals surface area (Å²) in [5.74, 6) is -1.69. The highest BCUT2D eigenvalue weighted by molar-refractivity contribution is 7.22. The lowest BCUT2D eigenvalue weighted by atomic mass is 9.82. The molecule has 3 aromatic carbocycles. The normalized spacial score (nSPS) is 15.3. The van der Waals surface area contributed by atoms with Crippen LogP contribution in [0.2, 0.25) is 0 Å². The maximum Gasteiger partial charge on any atom is 0.573 e. The molecule has 4 aromatic rings. The molecule has 2 atom stereocenters. The zero-order valence-electron chi connectivity index (χ0n) is 23.8. The van der Waals surface area contributed by atoms with Gasteiger partial charge in [-0.15, -0.1) is 13.2 Å².